The van der Waals surface area contributed by atoms with Crippen molar-refractivity contribution in [2.24, 2.45) is 0 Å². The zero-order chi connectivity index (χ0) is 13.5. The number of hydrogen-bond acceptors (Lipinski definition) is 4. The molecular formula is C15H19NO2S. The van der Waals surface area contributed by atoms with Gasteiger partial charge in [0.2, 0.25) is 0 Å². The van der Waals surface area contributed by atoms with Crippen LogP contribution < -0.4 is 10.1 Å². The number of hydrogen-bond donors (Lipinski definition) is 1. The molecule has 0 spiro atoms. The maximum Gasteiger partial charge on any atom is 0.118 e. The first-order valence-corrected chi connectivity index (χ1v) is 7.40. The molecule has 1 aromatic carbocycles. The van der Waals surface area contributed by atoms with Gasteiger partial charge in [0.15, 0.2) is 0 Å². The largest absolute Gasteiger partial charge is 0.497 e. The molecule has 4 heteroatoms. The SMILES string of the molecule is CNC(CSCc1ccco1)c1ccc(OC)cc1. The standard InChI is InChI=1S/C15H19NO2S/c1-16-15(11-19-10-14-4-3-9-18-14)12-5-7-13(17-2)8-6-12/h3-9,15-16H,10-11H2,1-2H3. The molecule has 2 rings (SSSR count). The number of ether oxygens (including phenoxy) is 1. The van der Waals surface area contributed by atoms with Crippen LogP contribution in [-0.4, -0.2) is 19.9 Å². The summed E-state index contributed by atoms with van der Waals surface area (Å²) in [5, 5.41) is 3.34. The number of thioether (sulfide) groups is 1. The molecule has 1 heterocycles. The van der Waals surface area contributed by atoms with Crippen LogP contribution in [0.3, 0.4) is 0 Å². The molecule has 19 heavy (non-hydrogen) atoms. The highest BCUT2D eigenvalue weighted by Gasteiger charge is 2.09. The van der Waals surface area contributed by atoms with Gasteiger partial charge in [-0.2, -0.15) is 11.8 Å². The van der Waals surface area contributed by atoms with E-state index in [9.17, 15) is 0 Å². The van der Waals surface area contributed by atoms with E-state index in [1.54, 1.807) is 13.4 Å². The average Bonchev–Trinajstić information content (AvgIpc) is 2.97. The van der Waals surface area contributed by atoms with Crippen molar-refractivity contribution in [2.75, 3.05) is 19.9 Å². The molecule has 0 radical (unpaired) electrons. The van der Waals surface area contributed by atoms with E-state index in [0.29, 0.717) is 6.04 Å². The molecule has 0 fully saturated rings. The molecule has 0 amide bonds. The van der Waals surface area contributed by atoms with Gasteiger partial charge in [-0.1, -0.05) is 12.1 Å². The molecule has 102 valence electrons. The number of methoxy groups -OCH3 is 1. The summed E-state index contributed by atoms with van der Waals surface area (Å²) < 4.78 is 10.5. The molecule has 1 unspecified atom stereocenters. The zero-order valence-electron chi connectivity index (χ0n) is 11.3. The summed E-state index contributed by atoms with van der Waals surface area (Å²) in [5.74, 6) is 3.82. The van der Waals surface area contributed by atoms with Crippen LogP contribution >= 0.6 is 11.8 Å². The molecule has 1 aromatic heterocycles. The fraction of sp³-hybridized carbons (Fsp3) is 0.333. The van der Waals surface area contributed by atoms with Crippen LogP contribution in [-0.2, 0) is 5.75 Å². The van der Waals surface area contributed by atoms with Gasteiger partial charge in [-0.15, -0.1) is 0 Å². The van der Waals surface area contributed by atoms with Gasteiger partial charge in [0.25, 0.3) is 0 Å². The number of rotatable bonds is 7. The third-order valence-corrected chi connectivity index (χ3v) is 4.03. The van der Waals surface area contributed by atoms with E-state index < -0.39 is 0 Å². The quantitative estimate of drug-likeness (QED) is 0.840. The van der Waals surface area contributed by atoms with E-state index in [2.05, 4.69) is 17.4 Å². The van der Waals surface area contributed by atoms with Gasteiger partial charge in [-0.05, 0) is 36.9 Å². The van der Waals surface area contributed by atoms with Crippen LogP contribution in [0.25, 0.3) is 0 Å². The molecule has 0 saturated carbocycles. The van der Waals surface area contributed by atoms with Crippen molar-refractivity contribution in [3.63, 3.8) is 0 Å². The van der Waals surface area contributed by atoms with Crippen LogP contribution in [0.2, 0.25) is 0 Å². The Hall–Kier alpha value is -1.39. The van der Waals surface area contributed by atoms with E-state index in [0.717, 1.165) is 23.0 Å². The lowest BCUT2D eigenvalue weighted by atomic mass is 10.1. The van der Waals surface area contributed by atoms with Crippen molar-refractivity contribution in [2.45, 2.75) is 11.8 Å². The first-order valence-electron chi connectivity index (χ1n) is 6.25. The van der Waals surface area contributed by atoms with Gasteiger partial charge in [0.1, 0.15) is 11.5 Å². The van der Waals surface area contributed by atoms with Crippen LogP contribution in [0, 0.1) is 0 Å². The predicted octanol–water partition coefficient (Wildman–Crippen LogP) is 3.48. The molecule has 0 bridgehead atoms. The maximum atomic E-state index is 5.33. The Labute approximate surface area is 118 Å². The van der Waals surface area contributed by atoms with Gasteiger partial charge in [-0.3, -0.25) is 0 Å². The van der Waals surface area contributed by atoms with Crippen molar-refractivity contribution in [1.82, 2.24) is 5.32 Å². The lowest BCUT2D eigenvalue weighted by Crippen LogP contribution is -2.18. The Bertz CT molecular complexity index is 467. The molecule has 1 atom stereocenters. The molecule has 3 nitrogen and oxygen atoms in total. The van der Waals surface area contributed by atoms with Gasteiger partial charge < -0.3 is 14.5 Å². The normalized spacial score (nSPS) is 12.3. The van der Waals surface area contributed by atoms with E-state index in [1.165, 1.54) is 5.56 Å². The van der Waals surface area contributed by atoms with Crippen LogP contribution in [0.4, 0.5) is 0 Å². The molecule has 2 aromatic rings. The zero-order valence-corrected chi connectivity index (χ0v) is 12.1. The first-order chi connectivity index (χ1) is 9.33. The highest BCUT2D eigenvalue weighted by molar-refractivity contribution is 7.98. The summed E-state index contributed by atoms with van der Waals surface area (Å²) in [6.45, 7) is 0. The third kappa shape index (κ3) is 4.04. The van der Waals surface area contributed by atoms with E-state index in [4.69, 9.17) is 9.15 Å². The summed E-state index contributed by atoms with van der Waals surface area (Å²) in [4.78, 5) is 0. The fourth-order valence-corrected chi connectivity index (χ4v) is 2.93. The van der Waals surface area contributed by atoms with Crippen molar-refractivity contribution < 1.29 is 9.15 Å². The van der Waals surface area contributed by atoms with Crippen LogP contribution in [0.5, 0.6) is 5.75 Å². The highest BCUT2D eigenvalue weighted by atomic mass is 32.2. The first kappa shape index (κ1) is 14.0. The monoisotopic (exact) mass is 277 g/mol. The molecule has 0 aliphatic rings. The molecule has 1 N–H and O–H groups in total. The Morgan fingerprint density at radius 2 is 2.05 bits per heavy atom. The van der Waals surface area contributed by atoms with Gasteiger partial charge in [0.05, 0.1) is 19.1 Å². The number of benzene rings is 1. The Morgan fingerprint density at radius 1 is 1.26 bits per heavy atom. The smallest absolute Gasteiger partial charge is 0.118 e. The van der Waals surface area contributed by atoms with Gasteiger partial charge in [-0.25, -0.2) is 0 Å². The predicted molar refractivity (Wildman–Crippen MR) is 79.7 cm³/mol. The third-order valence-electron chi connectivity index (χ3n) is 2.98. The van der Waals surface area contributed by atoms with E-state index >= 15 is 0 Å². The summed E-state index contributed by atoms with van der Waals surface area (Å²) in [5.41, 5.74) is 1.27. The second-order valence-corrected chi connectivity index (χ2v) is 5.24. The summed E-state index contributed by atoms with van der Waals surface area (Å²) in [7, 11) is 3.67. The Balaban J connectivity index is 1.88. The van der Waals surface area contributed by atoms with Crippen LogP contribution in [0.15, 0.2) is 47.1 Å². The van der Waals surface area contributed by atoms with Crippen molar-refractivity contribution in [1.29, 1.82) is 0 Å². The molecule has 0 aliphatic carbocycles. The topological polar surface area (TPSA) is 34.4 Å². The number of furan rings is 1. The summed E-state index contributed by atoms with van der Waals surface area (Å²) >= 11 is 1.86. The van der Waals surface area contributed by atoms with Crippen LogP contribution in [0.1, 0.15) is 17.4 Å². The minimum absolute atomic E-state index is 0.339. The summed E-state index contributed by atoms with van der Waals surface area (Å²) in [6.07, 6.45) is 1.72. The highest BCUT2D eigenvalue weighted by Crippen LogP contribution is 2.23. The molecular weight excluding hydrogens is 258 g/mol. The number of nitrogens with one attached hydrogen (secondary N) is 1. The molecule has 0 aliphatic heterocycles. The van der Waals surface area contributed by atoms with E-state index in [1.807, 2.05) is 43.1 Å². The second-order valence-electron chi connectivity index (χ2n) is 4.21. The van der Waals surface area contributed by atoms with Crippen molar-refractivity contribution >= 4 is 11.8 Å². The van der Waals surface area contributed by atoms with Gasteiger partial charge >= 0.3 is 0 Å². The second kappa shape index (κ2) is 7.26. The average molecular weight is 277 g/mol. The minimum atomic E-state index is 0.339. The minimum Gasteiger partial charge on any atom is -0.497 e. The van der Waals surface area contributed by atoms with Crippen molar-refractivity contribution in [3.8, 4) is 5.75 Å². The Morgan fingerprint density at radius 3 is 2.63 bits per heavy atom. The lowest BCUT2D eigenvalue weighted by molar-refractivity contribution is 0.414. The van der Waals surface area contributed by atoms with Crippen molar-refractivity contribution in [3.05, 3.63) is 54.0 Å². The van der Waals surface area contributed by atoms with Gasteiger partial charge in [0, 0.05) is 11.8 Å². The summed E-state index contributed by atoms with van der Waals surface area (Å²) in [6, 6.07) is 12.5. The van der Waals surface area contributed by atoms with E-state index in [-0.39, 0.29) is 0 Å². The molecule has 0 saturated heterocycles. The fourth-order valence-electron chi connectivity index (χ4n) is 1.85. The maximum absolute atomic E-state index is 5.33. The lowest BCUT2D eigenvalue weighted by Gasteiger charge is -2.16. The Kier molecular flexibility index (Phi) is 5.36.